The maximum Gasteiger partial charge on any atom is 0.232 e. The molecule has 1 saturated heterocycles. The third kappa shape index (κ3) is 5.03. The van der Waals surface area contributed by atoms with Crippen molar-refractivity contribution < 1.29 is 19.2 Å². The highest BCUT2D eigenvalue weighted by atomic mass is 32.1. The summed E-state index contributed by atoms with van der Waals surface area (Å²) >= 11 is 1.60. The lowest BCUT2D eigenvalue weighted by Crippen LogP contribution is -3.12. The zero-order valence-corrected chi connectivity index (χ0v) is 19.2. The number of morpholine rings is 1. The number of hydrogen-bond acceptors (Lipinski definition) is 6. The predicted octanol–water partition coefficient (Wildman–Crippen LogP) is 3.52. The van der Waals surface area contributed by atoms with Crippen LogP contribution in [-0.4, -0.2) is 42.2 Å². The van der Waals surface area contributed by atoms with Crippen molar-refractivity contribution in [2.24, 2.45) is 0 Å². The Morgan fingerprint density at radius 3 is 2.73 bits per heavy atom. The molecular formula is C25H25N4O3S+. The second kappa shape index (κ2) is 9.66. The van der Waals surface area contributed by atoms with Crippen molar-refractivity contribution in [3.63, 3.8) is 0 Å². The number of quaternary nitrogens is 1. The van der Waals surface area contributed by atoms with Crippen molar-refractivity contribution in [1.29, 1.82) is 0 Å². The molecule has 2 aromatic carbocycles. The van der Waals surface area contributed by atoms with Crippen LogP contribution in [0.4, 0.5) is 5.69 Å². The Labute approximate surface area is 196 Å². The lowest BCUT2D eigenvalue weighted by atomic mass is 10.1. The van der Waals surface area contributed by atoms with Gasteiger partial charge in [-0.1, -0.05) is 36.4 Å². The van der Waals surface area contributed by atoms with Crippen LogP contribution in [0.3, 0.4) is 0 Å². The predicted molar refractivity (Wildman–Crippen MR) is 129 cm³/mol. The van der Waals surface area contributed by atoms with Crippen molar-refractivity contribution in [1.82, 2.24) is 9.97 Å². The summed E-state index contributed by atoms with van der Waals surface area (Å²) in [6.45, 7) is 5.60. The number of hydrogen-bond donors (Lipinski definition) is 2. The maximum atomic E-state index is 11.5. The van der Waals surface area contributed by atoms with E-state index in [0.717, 1.165) is 60.0 Å². The van der Waals surface area contributed by atoms with E-state index >= 15 is 0 Å². The molecule has 1 fully saturated rings. The third-order valence-corrected chi connectivity index (χ3v) is 6.38. The third-order valence-electron chi connectivity index (χ3n) is 5.51. The van der Waals surface area contributed by atoms with Gasteiger partial charge in [-0.3, -0.25) is 4.79 Å². The van der Waals surface area contributed by atoms with E-state index in [4.69, 9.17) is 19.4 Å². The van der Waals surface area contributed by atoms with Crippen LogP contribution in [0.1, 0.15) is 12.7 Å². The normalized spacial score (nSPS) is 14.3. The van der Waals surface area contributed by atoms with Gasteiger partial charge in [0.05, 0.1) is 18.6 Å². The molecule has 0 aliphatic carbocycles. The zero-order chi connectivity index (χ0) is 22.6. The van der Waals surface area contributed by atoms with E-state index in [1.165, 1.54) is 11.8 Å². The Morgan fingerprint density at radius 1 is 1.12 bits per heavy atom. The average Bonchev–Trinajstić information content (AvgIpc) is 3.24. The molecule has 7 nitrogen and oxygen atoms in total. The van der Waals surface area contributed by atoms with E-state index in [9.17, 15) is 4.79 Å². The number of amides is 1. The molecule has 2 N–H and O–H groups in total. The average molecular weight is 462 g/mol. The largest absolute Gasteiger partial charge is 0.438 e. The Hall–Kier alpha value is -3.33. The molecule has 2 aromatic heterocycles. The van der Waals surface area contributed by atoms with Crippen molar-refractivity contribution >= 4 is 33.1 Å². The van der Waals surface area contributed by atoms with Crippen LogP contribution in [0, 0.1) is 0 Å². The highest BCUT2D eigenvalue weighted by molar-refractivity contribution is 7.17. The summed E-state index contributed by atoms with van der Waals surface area (Å²) in [5, 5.41) is 5.81. The molecule has 4 aromatic rings. The number of fused-ring (bicyclic) bond motifs is 1. The van der Waals surface area contributed by atoms with Crippen LogP contribution < -0.4 is 15.0 Å². The fourth-order valence-electron chi connectivity index (χ4n) is 3.95. The number of benzene rings is 2. The molecule has 0 saturated carbocycles. The SMILES string of the molecule is CC(=O)Nc1cccc(Oc2nc(C[NH+]3CCOCC3)nc3scc(-c4ccccc4)c23)c1. The minimum absolute atomic E-state index is 0.128. The number of nitrogens with one attached hydrogen (secondary N) is 2. The van der Waals surface area contributed by atoms with E-state index in [1.807, 2.05) is 36.4 Å². The molecular weight excluding hydrogens is 436 g/mol. The van der Waals surface area contributed by atoms with Crippen LogP contribution in [0.5, 0.6) is 11.6 Å². The highest BCUT2D eigenvalue weighted by Gasteiger charge is 2.21. The first kappa shape index (κ1) is 21.5. The van der Waals surface area contributed by atoms with Crippen molar-refractivity contribution in [3.05, 3.63) is 65.8 Å². The second-order valence-corrected chi connectivity index (χ2v) is 8.85. The summed E-state index contributed by atoms with van der Waals surface area (Å²) in [5.74, 6) is 1.77. The quantitative estimate of drug-likeness (QED) is 0.459. The fraction of sp³-hybridized carbons (Fsp3) is 0.240. The Kier molecular flexibility index (Phi) is 6.30. The second-order valence-electron chi connectivity index (χ2n) is 7.99. The lowest BCUT2D eigenvalue weighted by molar-refractivity contribution is -0.922. The van der Waals surface area contributed by atoms with E-state index in [2.05, 4.69) is 22.8 Å². The van der Waals surface area contributed by atoms with Gasteiger partial charge in [0.1, 0.15) is 30.2 Å². The summed E-state index contributed by atoms with van der Waals surface area (Å²) in [4.78, 5) is 23.5. The summed E-state index contributed by atoms with van der Waals surface area (Å²) < 4.78 is 11.8. The summed E-state index contributed by atoms with van der Waals surface area (Å²) in [5.41, 5.74) is 2.82. The molecule has 3 heterocycles. The zero-order valence-electron chi connectivity index (χ0n) is 18.3. The van der Waals surface area contributed by atoms with Gasteiger partial charge in [0.25, 0.3) is 0 Å². The van der Waals surface area contributed by atoms with Gasteiger partial charge in [0.2, 0.25) is 11.8 Å². The van der Waals surface area contributed by atoms with Gasteiger partial charge in [0.15, 0.2) is 5.82 Å². The molecule has 1 aliphatic heterocycles. The van der Waals surface area contributed by atoms with Gasteiger partial charge < -0.3 is 19.7 Å². The van der Waals surface area contributed by atoms with Gasteiger partial charge in [-0.15, -0.1) is 11.3 Å². The van der Waals surface area contributed by atoms with E-state index in [0.29, 0.717) is 17.3 Å². The van der Waals surface area contributed by atoms with Gasteiger partial charge in [-0.05, 0) is 17.7 Å². The molecule has 0 atom stereocenters. The number of rotatable bonds is 6. The molecule has 1 amide bonds. The van der Waals surface area contributed by atoms with E-state index < -0.39 is 0 Å². The first-order valence-electron chi connectivity index (χ1n) is 11.0. The van der Waals surface area contributed by atoms with Crippen molar-refractivity contribution in [2.45, 2.75) is 13.5 Å². The Bertz CT molecular complexity index is 1270. The van der Waals surface area contributed by atoms with Crippen LogP contribution >= 0.6 is 11.3 Å². The molecule has 5 rings (SSSR count). The van der Waals surface area contributed by atoms with Crippen LogP contribution in [0.2, 0.25) is 0 Å². The van der Waals surface area contributed by atoms with Crippen molar-refractivity contribution in [3.8, 4) is 22.8 Å². The maximum absolute atomic E-state index is 11.5. The van der Waals surface area contributed by atoms with Crippen LogP contribution in [-0.2, 0) is 16.1 Å². The number of ether oxygens (including phenoxy) is 2. The molecule has 0 bridgehead atoms. The highest BCUT2D eigenvalue weighted by Crippen LogP contribution is 2.39. The number of nitrogens with zero attached hydrogens (tertiary/aromatic N) is 2. The smallest absolute Gasteiger partial charge is 0.232 e. The Balaban J connectivity index is 1.56. The first-order valence-corrected chi connectivity index (χ1v) is 11.8. The number of carbonyl (C=O) groups excluding carboxylic acids is 1. The number of thiophene rings is 1. The van der Waals surface area contributed by atoms with E-state index in [-0.39, 0.29) is 5.91 Å². The molecule has 8 heteroatoms. The fourth-order valence-corrected chi connectivity index (χ4v) is 4.90. The molecule has 0 radical (unpaired) electrons. The molecule has 0 spiro atoms. The monoisotopic (exact) mass is 461 g/mol. The molecule has 33 heavy (non-hydrogen) atoms. The van der Waals surface area contributed by atoms with Crippen molar-refractivity contribution in [2.75, 3.05) is 31.6 Å². The number of aromatic nitrogens is 2. The van der Waals surface area contributed by atoms with Gasteiger partial charge in [0, 0.05) is 29.6 Å². The topological polar surface area (TPSA) is 77.8 Å². The molecule has 168 valence electrons. The molecule has 0 unspecified atom stereocenters. The van der Waals surface area contributed by atoms with E-state index in [1.54, 1.807) is 17.4 Å². The lowest BCUT2D eigenvalue weighted by Gasteiger charge is -2.23. The summed E-state index contributed by atoms with van der Waals surface area (Å²) in [6, 6.07) is 17.5. The van der Waals surface area contributed by atoms with Crippen LogP contribution in [0.25, 0.3) is 21.3 Å². The number of anilines is 1. The standard InChI is InChI=1S/C25H24N4O3S/c1-17(30)26-19-8-5-9-20(14-19)32-24-23-21(18-6-3-2-4-7-18)16-33-25(23)28-22(27-24)15-29-10-12-31-13-11-29/h2-9,14,16H,10-13,15H2,1H3,(H,26,30)/p+1. The van der Waals surface area contributed by atoms with Gasteiger partial charge in [-0.25, -0.2) is 4.98 Å². The number of carbonyl (C=O) groups is 1. The summed E-state index contributed by atoms with van der Waals surface area (Å²) in [6.07, 6.45) is 0. The first-order chi connectivity index (χ1) is 16.2. The molecule has 1 aliphatic rings. The minimum atomic E-state index is -0.128. The van der Waals surface area contributed by atoms with Gasteiger partial charge in [-0.2, -0.15) is 4.98 Å². The Morgan fingerprint density at radius 2 is 1.94 bits per heavy atom. The minimum Gasteiger partial charge on any atom is -0.438 e. The van der Waals surface area contributed by atoms with Crippen LogP contribution in [0.15, 0.2) is 60.0 Å². The summed E-state index contributed by atoms with van der Waals surface area (Å²) in [7, 11) is 0. The van der Waals surface area contributed by atoms with Gasteiger partial charge >= 0.3 is 0 Å².